The van der Waals surface area contributed by atoms with Crippen LogP contribution in [0.4, 0.5) is 0 Å². The van der Waals surface area contributed by atoms with Crippen LogP contribution in [-0.4, -0.2) is 12.2 Å². The Hall–Kier alpha value is 1.30. The van der Waals surface area contributed by atoms with Crippen molar-refractivity contribution in [1.29, 1.82) is 0 Å². The topological polar surface area (TPSA) is 46.1 Å². The molecule has 0 bridgehead atoms. The molecule has 0 fully saturated rings. The van der Waals surface area contributed by atoms with E-state index in [0.29, 0.717) is 0 Å². The van der Waals surface area contributed by atoms with Crippen molar-refractivity contribution < 1.29 is 52.3 Å². The van der Waals surface area contributed by atoms with Crippen LogP contribution in [0.1, 0.15) is 27.7 Å². The van der Waals surface area contributed by atoms with Gasteiger partial charge in [0.2, 0.25) is 0 Å². The Labute approximate surface area is 91.9 Å². The third-order valence-electron chi connectivity index (χ3n) is 0. The monoisotopic (exact) mass is 486 g/mol. The molecule has 0 radical (unpaired) electrons. The molecular formula is C6H14O2W2-2. The molecule has 0 aliphatic heterocycles. The van der Waals surface area contributed by atoms with E-state index in [2.05, 4.69) is 0 Å². The summed E-state index contributed by atoms with van der Waals surface area (Å²) in [5.74, 6) is 0. The van der Waals surface area contributed by atoms with E-state index < -0.39 is 12.2 Å². The van der Waals surface area contributed by atoms with Gasteiger partial charge in [-0.3, -0.25) is 0 Å². The molecule has 0 saturated carbocycles. The summed E-state index contributed by atoms with van der Waals surface area (Å²) in [5.41, 5.74) is 0. The molecule has 0 aliphatic rings. The fourth-order valence-electron chi connectivity index (χ4n) is 0. The molecule has 0 aromatic heterocycles. The fourth-order valence-corrected chi connectivity index (χ4v) is 0. The van der Waals surface area contributed by atoms with Crippen LogP contribution in [0.3, 0.4) is 0 Å². The summed E-state index contributed by atoms with van der Waals surface area (Å²) in [6, 6.07) is 0. The zero-order valence-electron chi connectivity index (χ0n) is 6.79. The second-order valence-electron chi connectivity index (χ2n) is 2.10. The quantitative estimate of drug-likeness (QED) is 0.465. The minimum Gasteiger partial charge on any atom is -0.852 e. The molecule has 0 heterocycles. The number of rotatable bonds is 0. The molecule has 0 unspecified atom stereocenters. The molecule has 0 aromatic carbocycles. The molecule has 64 valence electrons. The van der Waals surface area contributed by atoms with E-state index in [1.54, 1.807) is 27.7 Å². The van der Waals surface area contributed by atoms with E-state index >= 15 is 0 Å². The van der Waals surface area contributed by atoms with E-state index in [1.165, 1.54) is 0 Å². The second-order valence-corrected chi connectivity index (χ2v) is 2.10. The van der Waals surface area contributed by atoms with E-state index in [0.717, 1.165) is 0 Å². The van der Waals surface area contributed by atoms with Gasteiger partial charge in [-0.2, -0.15) is 0 Å². The first-order valence-electron chi connectivity index (χ1n) is 2.78. The average molecular weight is 486 g/mol. The molecule has 0 spiro atoms. The Kier molecular flexibility index (Phi) is 37.6. The van der Waals surface area contributed by atoms with Gasteiger partial charge in [0.15, 0.2) is 0 Å². The van der Waals surface area contributed by atoms with E-state index in [1.807, 2.05) is 0 Å². The maximum atomic E-state index is 9.53. The second kappa shape index (κ2) is 16.7. The summed E-state index contributed by atoms with van der Waals surface area (Å²) in [6.07, 6.45) is -0.833. The third-order valence-corrected chi connectivity index (χ3v) is 0. The van der Waals surface area contributed by atoms with E-state index in [9.17, 15) is 10.2 Å². The Morgan fingerprint density at radius 3 is 0.700 bits per heavy atom. The molecule has 0 amide bonds. The van der Waals surface area contributed by atoms with Crippen LogP contribution in [0.15, 0.2) is 0 Å². The molecule has 0 rings (SSSR count). The number of hydrogen-bond acceptors (Lipinski definition) is 2. The Morgan fingerprint density at radius 1 is 0.700 bits per heavy atom. The van der Waals surface area contributed by atoms with Crippen LogP contribution in [0.25, 0.3) is 0 Å². The van der Waals surface area contributed by atoms with Crippen molar-refractivity contribution >= 4 is 0 Å². The molecule has 0 saturated heterocycles. The largest absolute Gasteiger partial charge is 0.852 e. The van der Waals surface area contributed by atoms with Gasteiger partial charge in [-0.25, -0.2) is 0 Å². The fraction of sp³-hybridized carbons (Fsp3) is 1.00. The van der Waals surface area contributed by atoms with Crippen molar-refractivity contribution in [3.63, 3.8) is 0 Å². The van der Waals surface area contributed by atoms with Crippen molar-refractivity contribution in [2.45, 2.75) is 39.9 Å². The average Bonchev–Trinajstić information content (AvgIpc) is 1.25. The van der Waals surface area contributed by atoms with Crippen LogP contribution in [0.2, 0.25) is 0 Å². The van der Waals surface area contributed by atoms with Gasteiger partial charge in [0.05, 0.1) is 0 Å². The molecular weight excluding hydrogens is 472 g/mol. The normalized spacial score (nSPS) is 7.20. The zero-order valence-corrected chi connectivity index (χ0v) is 12.7. The summed E-state index contributed by atoms with van der Waals surface area (Å²) in [7, 11) is 0. The SMILES string of the molecule is CC(C)[O-].CC(C)[O-].[W].[W]. The van der Waals surface area contributed by atoms with Crippen LogP contribution < -0.4 is 10.2 Å². The predicted octanol–water partition coefficient (Wildman–Crippen LogP) is -0.495. The van der Waals surface area contributed by atoms with Crippen molar-refractivity contribution in [3.05, 3.63) is 0 Å². The standard InChI is InChI=1S/2C3H7O.2W/c2*1-3(2)4;;/h2*3H,1-2H3;;/q2*-1;;. The van der Waals surface area contributed by atoms with E-state index in [-0.39, 0.29) is 42.1 Å². The van der Waals surface area contributed by atoms with Crippen molar-refractivity contribution in [3.8, 4) is 0 Å². The third kappa shape index (κ3) is 381. The smallest absolute Gasteiger partial charge is 0 e. The molecule has 0 atom stereocenters. The molecule has 4 heteroatoms. The van der Waals surface area contributed by atoms with Gasteiger partial charge < -0.3 is 10.2 Å². The maximum absolute atomic E-state index is 9.53. The van der Waals surface area contributed by atoms with Gasteiger partial charge in [0, 0.05) is 42.1 Å². The first kappa shape index (κ1) is 22.5. The molecule has 0 aliphatic carbocycles. The van der Waals surface area contributed by atoms with Gasteiger partial charge in [-0.15, -0.1) is 12.2 Å². The molecule has 0 N–H and O–H groups in total. The van der Waals surface area contributed by atoms with Crippen LogP contribution in [0.5, 0.6) is 0 Å². The maximum Gasteiger partial charge on any atom is 0 e. The predicted molar refractivity (Wildman–Crippen MR) is 30.3 cm³/mol. The molecule has 10 heavy (non-hydrogen) atoms. The summed E-state index contributed by atoms with van der Waals surface area (Å²) < 4.78 is 0. The van der Waals surface area contributed by atoms with Gasteiger partial charge in [-0.1, -0.05) is 27.7 Å². The van der Waals surface area contributed by atoms with Gasteiger partial charge in [0.1, 0.15) is 0 Å². The van der Waals surface area contributed by atoms with Crippen LogP contribution in [-0.2, 0) is 42.1 Å². The zero-order chi connectivity index (χ0) is 7.15. The van der Waals surface area contributed by atoms with Gasteiger partial charge in [0.25, 0.3) is 0 Å². The summed E-state index contributed by atoms with van der Waals surface area (Å²) in [5, 5.41) is 19.1. The summed E-state index contributed by atoms with van der Waals surface area (Å²) in [6.45, 7) is 6.44. The van der Waals surface area contributed by atoms with Crippen molar-refractivity contribution in [1.82, 2.24) is 0 Å². The van der Waals surface area contributed by atoms with Crippen molar-refractivity contribution in [2.24, 2.45) is 0 Å². The molecule has 2 nitrogen and oxygen atoms in total. The summed E-state index contributed by atoms with van der Waals surface area (Å²) >= 11 is 0. The Balaban J connectivity index is -0.0000000300. The number of hydrogen-bond donors (Lipinski definition) is 0. The van der Waals surface area contributed by atoms with Gasteiger partial charge >= 0.3 is 0 Å². The van der Waals surface area contributed by atoms with Crippen LogP contribution in [0, 0.1) is 0 Å². The first-order valence-corrected chi connectivity index (χ1v) is 2.78. The van der Waals surface area contributed by atoms with Crippen molar-refractivity contribution in [2.75, 3.05) is 0 Å². The first-order chi connectivity index (χ1) is 3.46. The Bertz CT molecular complexity index is 29.2. The van der Waals surface area contributed by atoms with E-state index in [4.69, 9.17) is 0 Å². The minimum atomic E-state index is -0.417. The van der Waals surface area contributed by atoms with Gasteiger partial charge in [-0.05, 0) is 0 Å². The summed E-state index contributed by atoms with van der Waals surface area (Å²) in [4.78, 5) is 0. The minimum absolute atomic E-state index is 0. The Morgan fingerprint density at radius 2 is 0.700 bits per heavy atom. The molecule has 0 aromatic rings. The van der Waals surface area contributed by atoms with Crippen LogP contribution >= 0.6 is 0 Å².